The van der Waals surface area contributed by atoms with Crippen LogP contribution in [0.4, 0.5) is 0 Å². The zero-order valence-electron chi connectivity index (χ0n) is 14.3. The topological polar surface area (TPSA) is 64.6 Å². The molecule has 0 aliphatic carbocycles. The van der Waals surface area contributed by atoms with Crippen molar-refractivity contribution in [2.75, 3.05) is 31.8 Å². The Labute approximate surface area is 130 Å². The van der Waals surface area contributed by atoms with Gasteiger partial charge in [-0.2, -0.15) is 0 Å². The number of ether oxygens (including phenoxy) is 1. The maximum Gasteiger partial charge on any atom is 0.315 e. The van der Waals surface area contributed by atoms with Crippen LogP contribution in [0.1, 0.15) is 47.5 Å². The van der Waals surface area contributed by atoms with Crippen LogP contribution in [0.5, 0.6) is 0 Å². The molecule has 0 saturated heterocycles. The lowest BCUT2D eigenvalue weighted by atomic mass is 10.3. The van der Waals surface area contributed by atoms with Gasteiger partial charge < -0.3 is 14.2 Å². The first kappa shape index (κ1) is 20.2. The second kappa shape index (κ2) is 9.30. The van der Waals surface area contributed by atoms with Crippen molar-refractivity contribution in [3.63, 3.8) is 0 Å². The van der Waals surface area contributed by atoms with Crippen molar-refractivity contribution >= 4 is 22.2 Å². The molecule has 1 atom stereocenters. The molecule has 0 fully saturated rings. The highest BCUT2D eigenvalue weighted by molar-refractivity contribution is 8.30. The average molecular weight is 321 g/mol. The molecule has 0 saturated carbocycles. The molecule has 0 aliphatic rings. The van der Waals surface area contributed by atoms with E-state index in [0.717, 1.165) is 12.2 Å². The minimum Gasteiger partial charge on any atom is -0.466 e. The summed E-state index contributed by atoms with van der Waals surface area (Å²) in [5.41, 5.74) is 0. The van der Waals surface area contributed by atoms with E-state index >= 15 is 0 Å². The molecule has 0 bridgehead atoms. The number of rotatable bonds is 9. The summed E-state index contributed by atoms with van der Waals surface area (Å²) in [6.07, 6.45) is 2.73. The van der Waals surface area contributed by atoms with Gasteiger partial charge in [-0.05, 0) is 25.4 Å². The summed E-state index contributed by atoms with van der Waals surface area (Å²) in [5, 5.41) is 2.70. The summed E-state index contributed by atoms with van der Waals surface area (Å²) in [7, 11) is -1.11. The summed E-state index contributed by atoms with van der Waals surface area (Å²) in [6.45, 7) is 11.9. The monoisotopic (exact) mass is 321 g/mol. The van der Waals surface area contributed by atoms with Crippen LogP contribution in [-0.2, 0) is 18.5 Å². The molecule has 0 aliphatic heterocycles. The quantitative estimate of drug-likeness (QED) is 0.403. The number of hydrogen-bond donors (Lipinski definition) is 1. The molecule has 0 aromatic heterocycles. The third-order valence-electron chi connectivity index (χ3n) is 3.44. The zero-order valence-corrected chi connectivity index (χ0v) is 15.1. The van der Waals surface area contributed by atoms with Crippen LogP contribution in [0.25, 0.3) is 0 Å². The number of carbonyl (C=O) groups excluding carboxylic acids is 2. The SMILES string of the molecule is CCOC(=O)CC(=O)NCCCOS(C)(CC)C(C)(C)C. The molecule has 1 unspecified atom stereocenters. The predicted molar refractivity (Wildman–Crippen MR) is 88.6 cm³/mol. The molecular formula is C15H31NO4S. The van der Waals surface area contributed by atoms with Gasteiger partial charge >= 0.3 is 5.97 Å². The van der Waals surface area contributed by atoms with Gasteiger partial charge in [-0.25, -0.2) is 0 Å². The lowest BCUT2D eigenvalue weighted by Crippen LogP contribution is -2.30. The Kier molecular flexibility index (Phi) is 8.97. The van der Waals surface area contributed by atoms with Crippen LogP contribution in [-0.4, -0.2) is 48.4 Å². The van der Waals surface area contributed by atoms with Crippen LogP contribution in [0, 0.1) is 0 Å². The van der Waals surface area contributed by atoms with Crippen molar-refractivity contribution in [2.24, 2.45) is 0 Å². The average Bonchev–Trinajstić information content (AvgIpc) is 2.36. The van der Waals surface area contributed by atoms with Gasteiger partial charge in [0.2, 0.25) is 5.91 Å². The van der Waals surface area contributed by atoms with Crippen molar-refractivity contribution in [1.29, 1.82) is 0 Å². The van der Waals surface area contributed by atoms with E-state index in [1.807, 2.05) is 0 Å². The van der Waals surface area contributed by atoms with E-state index in [-0.39, 0.29) is 17.1 Å². The summed E-state index contributed by atoms with van der Waals surface area (Å²) in [4.78, 5) is 22.6. The van der Waals surface area contributed by atoms with E-state index in [2.05, 4.69) is 39.3 Å². The highest BCUT2D eigenvalue weighted by Gasteiger charge is 2.31. The third-order valence-corrected chi connectivity index (χ3v) is 7.82. The highest BCUT2D eigenvalue weighted by atomic mass is 32.3. The Morgan fingerprint density at radius 3 is 2.29 bits per heavy atom. The molecule has 1 N–H and O–H groups in total. The van der Waals surface area contributed by atoms with Crippen molar-refractivity contribution in [3.05, 3.63) is 0 Å². The molecule has 21 heavy (non-hydrogen) atoms. The molecule has 126 valence electrons. The van der Waals surface area contributed by atoms with Crippen LogP contribution in [0.15, 0.2) is 0 Å². The minimum atomic E-state index is -1.11. The highest BCUT2D eigenvalue weighted by Crippen LogP contribution is 2.56. The second-order valence-electron chi connectivity index (χ2n) is 5.91. The number of hydrogen-bond acceptors (Lipinski definition) is 4. The zero-order chi connectivity index (χ0) is 16.5. The van der Waals surface area contributed by atoms with Crippen LogP contribution in [0.2, 0.25) is 0 Å². The number of amides is 1. The molecule has 6 heteroatoms. The summed E-state index contributed by atoms with van der Waals surface area (Å²) >= 11 is 0. The Hall–Kier alpha value is -0.750. The number of nitrogens with one attached hydrogen (secondary N) is 1. The molecule has 0 spiro atoms. The molecule has 0 heterocycles. The van der Waals surface area contributed by atoms with Crippen molar-refractivity contribution in [2.45, 2.75) is 52.2 Å². The van der Waals surface area contributed by atoms with Gasteiger partial charge in [-0.3, -0.25) is 9.59 Å². The summed E-state index contributed by atoms with van der Waals surface area (Å²) in [5.74, 6) is 0.239. The predicted octanol–water partition coefficient (Wildman–Crippen LogP) is 2.63. The number of esters is 1. The Bertz CT molecular complexity index is 341. The first-order valence-electron chi connectivity index (χ1n) is 7.48. The van der Waals surface area contributed by atoms with Gasteiger partial charge in [0.15, 0.2) is 0 Å². The van der Waals surface area contributed by atoms with E-state index in [1.165, 1.54) is 0 Å². The molecule has 0 aromatic rings. The van der Waals surface area contributed by atoms with Gasteiger partial charge in [0.25, 0.3) is 0 Å². The number of carbonyl (C=O) groups is 2. The fourth-order valence-electron chi connectivity index (χ4n) is 1.64. The fourth-order valence-corrected chi connectivity index (χ4v) is 3.51. The van der Waals surface area contributed by atoms with Gasteiger partial charge in [0.05, 0.1) is 13.2 Å². The first-order valence-corrected chi connectivity index (χ1v) is 9.62. The molecule has 1 amide bonds. The van der Waals surface area contributed by atoms with Gasteiger partial charge in [0, 0.05) is 11.3 Å². The van der Waals surface area contributed by atoms with Gasteiger partial charge in [-0.15, -0.1) is 10.3 Å². The maximum atomic E-state index is 11.5. The van der Waals surface area contributed by atoms with Gasteiger partial charge in [0.1, 0.15) is 6.42 Å². The van der Waals surface area contributed by atoms with Crippen molar-refractivity contribution in [1.82, 2.24) is 5.32 Å². The first-order chi connectivity index (χ1) is 9.66. The lowest BCUT2D eigenvalue weighted by molar-refractivity contribution is -0.145. The minimum absolute atomic E-state index is 0.148. The smallest absolute Gasteiger partial charge is 0.315 e. The standard InChI is InChI=1S/C15H31NO4S/c1-7-19-14(18)12-13(17)16-10-9-11-20-21(6,8-2)15(3,4)5/h7-12H2,1-6H3,(H,16,17). The van der Waals surface area contributed by atoms with E-state index in [9.17, 15) is 9.59 Å². The van der Waals surface area contributed by atoms with Crippen molar-refractivity contribution in [3.8, 4) is 0 Å². The lowest BCUT2D eigenvalue weighted by Gasteiger charge is -2.46. The van der Waals surface area contributed by atoms with Crippen LogP contribution < -0.4 is 5.32 Å². The van der Waals surface area contributed by atoms with E-state index in [4.69, 9.17) is 8.92 Å². The molecule has 0 aromatic carbocycles. The van der Waals surface area contributed by atoms with Crippen LogP contribution in [0.3, 0.4) is 0 Å². The third kappa shape index (κ3) is 7.71. The van der Waals surface area contributed by atoms with Crippen molar-refractivity contribution < 1.29 is 18.5 Å². The van der Waals surface area contributed by atoms with E-state index in [1.54, 1.807) is 6.92 Å². The van der Waals surface area contributed by atoms with E-state index < -0.39 is 16.3 Å². The Morgan fingerprint density at radius 1 is 1.19 bits per heavy atom. The summed E-state index contributed by atoms with van der Waals surface area (Å²) < 4.78 is 10.9. The molecule has 0 rings (SSSR count). The van der Waals surface area contributed by atoms with Crippen LogP contribution >= 0.6 is 10.3 Å². The fraction of sp³-hybridized carbons (Fsp3) is 0.867. The van der Waals surface area contributed by atoms with E-state index in [0.29, 0.717) is 19.8 Å². The molecule has 5 nitrogen and oxygen atoms in total. The Balaban J connectivity index is 3.91. The van der Waals surface area contributed by atoms with Gasteiger partial charge in [-0.1, -0.05) is 27.7 Å². The molecule has 0 radical (unpaired) electrons. The normalized spacial score (nSPS) is 15.9. The summed E-state index contributed by atoms with van der Waals surface area (Å²) in [6, 6.07) is 0. The maximum absolute atomic E-state index is 11.5. The largest absolute Gasteiger partial charge is 0.466 e. The molecular weight excluding hydrogens is 290 g/mol. The second-order valence-corrected chi connectivity index (χ2v) is 9.96. The Morgan fingerprint density at radius 2 is 1.81 bits per heavy atom.